The predicted molar refractivity (Wildman–Crippen MR) is 95.4 cm³/mol. The zero-order valence-corrected chi connectivity index (χ0v) is 14.3. The van der Waals surface area contributed by atoms with Gasteiger partial charge >= 0.3 is 0 Å². The van der Waals surface area contributed by atoms with Crippen molar-refractivity contribution >= 4 is 62.3 Å². The Kier molecular flexibility index (Phi) is 4.84. The van der Waals surface area contributed by atoms with Crippen LogP contribution in [0.1, 0.15) is 10.4 Å². The molecule has 0 spiro atoms. The van der Waals surface area contributed by atoms with Gasteiger partial charge in [0.2, 0.25) is 0 Å². The molecule has 0 saturated heterocycles. The lowest BCUT2D eigenvalue weighted by Crippen LogP contribution is -1.92. The summed E-state index contributed by atoms with van der Waals surface area (Å²) in [4.78, 5) is 16.5. The summed E-state index contributed by atoms with van der Waals surface area (Å²) < 4.78 is 1.95. The molecule has 0 saturated carbocycles. The van der Waals surface area contributed by atoms with E-state index in [0.717, 1.165) is 14.6 Å². The highest BCUT2D eigenvalue weighted by molar-refractivity contribution is 8.03. The third-order valence-electron chi connectivity index (χ3n) is 2.85. The molecule has 0 N–H and O–H groups in total. The fourth-order valence-electron chi connectivity index (χ4n) is 1.79. The van der Waals surface area contributed by atoms with Crippen LogP contribution >= 0.6 is 46.3 Å². The molecule has 3 aromatic rings. The third kappa shape index (κ3) is 3.70. The maximum atomic E-state index is 12.0. The van der Waals surface area contributed by atoms with E-state index >= 15 is 0 Å². The lowest BCUT2D eigenvalue weighted by atomic mass is 10.1. The molecule has 0 fully saturated rings. The van der Waals surface area contributed by atoms with Gasteiger partial charge in [0, 0.05) is 15.6 Å². The number of fused-ring (bicyclic) bond motifs is 1. The van der Waals surface area contributed by atoms with Gasteiger partial charge in [-0.1, -0.05) is 35.0 Å². The van der Waals surface area contributed by atoms with Crippen molar-refractivity contribution in [2.45, 2.75) is 4.34 Å². The highest BCUT2D eigenvalue weighted by Crippen LogP contribution is 2.31. The molecule has 2 nitrogen and oxygen atoms in total. The number of ketones is 1. The quantitative estimate of drug-likeness (QED) is 0.318. The summed E-state index contributed by atoms with van der Waals surface area (Å²) in [5, 5.41) is 3.03. The van der Waals surface area contributed by atoms with E-state index in [2.05, 4.69) is 4.98 Å². The Morgan fingerprint density at radius 1 is 1.09 bits per heavy atom. The number of allylic oxidation sites excluding steroid dienone is 1. The smallest absolute Gasteiger partial charge is 0.186 e. The molecule has 3 rings (SSSR count). The second kappa shape index (κ2) is 6.84. The summed E-state index contributed by atoms with van der Waals surface area (Å²) in [6.45, 7) is 0. The Bertz CT molecular complexity index is 856. The second-order valence-electron chi connectivity index (χ2n) is 4.38. The first-order valence-corrected chi connectivity index (χ1v) is 8.76. The van der Waals surface area contributed by atoms with Crippen molar-refractivity contribution in [3.63, 3.8) is 0 Å². The molecule has 0 aliphatic heterocycles. The van der Waals surface area contributed by atoms with E-state index in [0.29, 0.717) is 15.6 Å². The van der Waals surface area contributed by atoms with Gasteiger partial charge in [0.25, 0.3) is 0 Å². The molecule has 6 heteroatoms. The van der Waals surface area contributed by atoms with Crippen LogP contribution in [0.5, 0.6) is 0 Å². The fourth-order valence-corrected chi connectivity index (χ4v) is 3.85. The van der Waals surface area contributed by atoms with Crippen LogP contribution in [0.15, 0.2) is 58.3 Å². The zero-order chi connectivity index (χ0) is 15.5. The minimum absolute atomic E-state index is 0.0617. The highest BCUT2D eigenvalue weighted by atomic mass is 35.5. The number of hydrogen-bond acceptors (Lipinski definition) is 4. The van der Waals surface area contributed by atoms with Crippen molar-refractivity contribution in [2.75, 3.05) is 0 Å². The fraction of sp³-hybridized carbons (Fsp3) is 0. The van der Waals surface area contributed by atoms with Gasteiger partial charge in [-0.25, -0.2) is 4.98 Å². The second-order valence-corrected chi connectivity index (χ2v) is 7.44. The molecule has 2 aromatic carbocycles. The van der Waals surface area contributed by atoms with Gasteiger partial charge < -0.3 is 0 Å². The normalized spacial score (nSPS) is 11.4. The number of benzene rings is 2. The molecule has 0 unspecified atom stereocenters. The molecular formula is C16H9Cl2NOS2. The number of nitrogens with zero attached hydrogens (tertiary/aromatic N) is 1. The maximum Gasteiger partial charge on any atom is 0.186 e. The minimum Gasteiger partial charge on any atom is -0.289 e. The minimum atomic E-state index is -0.0617. The van der Waals surface area contributed by atoms with Crippen molar-refractivity contribution in [2.24, 2.45) is 0 Å². The summed E-state index contributed by atoms with van der Waals surface area (Å²) in [5.41, 5.74) is 1.48. The van der Waals surface area contributed by atoms with Crippen molar-refractivity contribution in [1.29, 1.82) is 0 Å². The molecular weight excluding hydrogens is 357 g/mol. The van der Waals surface area contributed by atoms with E-state index in [1.54, 1.807) is 41.0 Å². The van der Waals surface area contributed by atoms with Crippen LogP contribution in [0.3, 0.4) is 0 Å². The van der Waals surface area contributed by atoms with Crippen LogP contribution in [0, 0.1) is 0 Å². The van der Waals surface area contributed by atoms with E-state index in [9.17, 15) is 4.79 Å². The number of aromatic nitrogens is 1. The Balaban J connectivity index is 1.70. The number of rotatable bonds is 4. The van der Waals surface area contributed by atoms with Gasteiger partial charge in [-0.05, 0) is 53.9 Å². The van der Waals surface area contributed by atoms with E-state index in [1.807, 2.05) is 18.2 Å². The monoisotopic (exact) mass is 365 g/mol. The summed E-state index contributed by atoms with van der Waals surface area (Å²) in [6.07, 6.45) is 1.53. The van der Waals surface area contributed by atoms with Crippen LogP contribution in [0.25, 0.3) is 10.2 Å². The zero-order valence-electron chi connectivity index (χ0n) is 11.1. The lowest BCUT2D eigenvalue weighted by molar-refractivity contribution is 0.104. The van der Waals surface area contributed by atoms with Gasteiger partial charge in [-0.15, -0.1) is 11.3 Å². The first-order valence-electron chi connectivity index (χ1n) is 6.31. The van der Waals surface area contributed by atoms with Gasteiger partial charge in [0.15, 0.2) is 10.1 Å². The Hall–Kier alpha value is -1.33. The van der Waals surface area contributed by atoms with E-state index in [4.69, 9.17) is 23.2 Å². The first-order chi connectivity index (χ1) is 10.6. The molecule has 0 aliphatic rings. The van der Waals surface area contributed by atoms with Crippen LogP contribution in [0.4, 0.5) is 0 Å². The van der Waals surface area contributed by atoms with Crippen LogP contribution in [0.2, 0.25) is 10.0 Å². The molecule has 1 aromatic heterocycles. The van der Waals surface area contributed by atoms with Gasteiger partial charge in [-0.3, -0.25) is 4.79 Å². The van der Waals surface area contributed by atoms with Crippen molar-refractivity contribution in [1.82, 2.24) is 4.98 Å². The van der Waals surface area contributed by atoms with Gasteiger partial charge in [-0.2, -0.15) is 0 Å². The highest BCUT2D eigenvalue weighted by Gasteiger charge is 2.05. The van der Waals surface area contributed by atoms with E-state index in [1.165, 1.54) is 17.8 Å². The van der Waals surface area contributed by atoms with Crippen LogP contribution in [-0.4, -0.2) is 10.8 Å². The Morgan fingerprint density at radius 3 is 2.59 bits per heavy atom. The largest absolute Gasteiger partial charge is 0.289 e. The molecule has 0 bridgehead atoms. The molecule has 0 aliphatic carbocycles. The average molecular weight is 366 g/mol. The van der Waals surface area contributed by atoms with Crippen LogP contribution < -0.4 is 0 Å². The van der Waals surface area contributed by atoms with Crippen molar-refractivity contribution in [3.8, 4) is 0 Å². The van der Waals surface area contributed by atoms with Gasteiger partial charge in [0.1, 0.15) is 0 Å². The molecule has 0 atom stereocenters. The van der Waals surface area contributed by atoms with Crippen molar-refractivity contribution in [3.05, 3.63) is 69.6 Å². The van der Waals surface area contributed by atoms with Crippen molar-refractivity contribution < 1.29 is 4.79 Å². The topological polar surface area (TPSA) is 30.0 Å². The van der Waals surface area contributed by atoms with Crippen LogP contribution in [-0.2, 0) is 0 Å². The number of carbonyl (C=O) groups excluding carboxylic acids is 1. The average Bonchev–Trinajstić information content (AvgIpc) is 2.89. The summed E-state index contributed by atoms with van der Waals surface area (Å²) in [7, 11) is 0. The number of hydrogen-bond donors (Lipinski definition) is 0. The maximum absolute atomic E-state index is 12.0. The molecule has 0 radical (unpaired) electrons. The number of thiazole rings is 1. The molecule has 22 heavy (non-hydrogen) atoms. The number of thioether (sulfide) groups is 1. The number of carbonyl (C=O) groups is 1. The Labute approximate surface area is 145 Å². The summed E-state index contributed by atoms with van der Waals surface area (Å²) in [6, 6.07) is 12.4. The van der Waals surface area contributed by atoms with E-state index < -0.39 is 0 Å². The molecule has 1 heterocycles. The summed E-state index contributed by atoms with van der Waals surface area (Å²) >= 11 is 14.7. The third-order valence-corrected chi connectivity index (χ3v) is 5.27. The van der Waals surface area contributed by atoms with Gasteiger partial charge in [0.05, 0.1) is 10.2 Å². The predicted octanol–water partition coefficient (Wildman–Crippen LogP) is 6.09. The lowest BCUT2D eigenvalue weighted by Gasteiger charge is -1.95. The number of halogens is 2. The SMILES string of the molecule is O=C(C=CSc1nc2cc(Cl)ccc2s1)c1ccc(Cl)cc1. The molecule has 110 valence electrons. The first kappa shape index (κ1) is 15.6. The Morgan fingerprint density at radius 2 is 1.82 bits per heavy atom. The molecule has 0 amide bonds. The van der Waals surface area contributed by atoms with E-state index in [-0.39, 0.29) is 5.78 Å². The standard InChI is InChI=1S/C16H9Cl2NOS2/c17-11-3-1-10(2-4-11)14(20)7-8-21-16-19-13-9-12(18)5-6-15(13)22-16/h1-9H. The summed E-state index contributed by atoms with van der Waals surface area (Å²) in [5.74, 6) is -0.0617.